The Balaban J connectivity index is 2.65. The van der Waals surface area contributed by atoms with E-state index in [1.807, 2.05) is 0 Å². The molecule has 1 atom stereocenters. The molecule has 0 radical (unpaired) electrons. The second-order valence-corrected chi connectivity index (χ2v) is 5.26. The minimum Gasteiger partial charge on any atom is -0.481 e. The lowest BCUT2D eigenvalue weighted by molar-refractivity contribution is -0.137. The van der Waals surface area contributed by atoms with Crippen LogP contribution in [0.2, 0.25) is 10.0 Å². The molecule has 0 spiro atoms. The number of nitrogens with zero attached hydrogens (tertiary/aromatic N) is 1. The third kappa shape index (κ3) is 5.00. The fraction of sp³-hybridized carbons (Fsp3) is 0.385. The van der Waals surface area contributed by atoms with Crippen molar-refractivity contribution in [3.8, 4) is 0 Å². The molecule has 0 saturated heterocycles. The van der Waals surface area contributed by atoms with Gasteiger partial charge in [0.25, 0.3) is 0 Å². The second-order valence-electron chi connectivity index (χ2n) is 4.41. The molecule has 0 aliphatic carbocycles. The van der Waals surface area contributed by atoms with Gasteiger partial charge in [-0.2, -0.15) is 0 Å². The summed E-state index contributed by atoms with van der Waals surface area (Å²) in [5.41, 5.74) is 0.433. The minimum atomic E-state index is -0.901. The van der Waals surface area contributed by atoms with E-state index in [9.17, 15) is 9.59 Å². The van der Waals surface area contributed by atoms with Gasteiger partial charge in [0.2, 0.25) is 5.91 Å². The first-order valence-electron chi connectivity index (χ1n) is 5.99. The molecule has 0 aliphatic rings. The van der Waals surface area contributed by atoms with E-state index in [1.54, 1.807) is 37.1 Å². The van der Waals surface area contributed by atoms with Crippen molar-refractivity contribution in [1.29, 1.82) is 0 Å². The van der Waals surface area contributed by atoms with E-state index in [0.717, 1.165) is 0 Å². The van der Waals surface area contributed by atoms with Gasteiger partial charge in [-0.25, -0.2) is 0 Å². The van der Waals surface area contributed by atoms with Gasteiger partial charge < -0.3 is 10.4 Å². The Kier molecular flexibility index (Phi) is 6.26. The van der Waals surface area contributed by atoms with Crippen LogP contribution in [-0.2, 0) is 9.59 Å². The molecule has 20 heavy (non-hydrogen) atoms. The van der Waals surface area contributed by atoms with Crippen molar-refractivity contribution in [3.63, 3.8) is 0 Å². The molecule has 1 amide bonds. The molecule has 1 rings (SSSR count). The molecule has 0 bridgehead atoms. The number of carbonyl (C=O) groups excluding carboxylic acids is 1. The first-order valence-corrected chi connectivity index (χ1v) is 6.75. The van der Waals surface area contributed by atoms with Crippen LogP contribution in [0.15, 0.2) is 18.2 Å². The Morgan fingerprint density at radius 1 is 1.40 bits per heavy atom. The first-order chi connectivity index (χ1) is 9.31. The van der Waals surface area contributed by atoms with Crippen molar-refractivity contribution in [2.45, 2.75) is 19.4 Å². The first kappa shape index (κ1) is 16.8. The summed E-state index contributed by atoms with van der Waals surface area (Å²) < 4.78 is 0. The number of hydrogen-bond acceptors (Lipinski definition) is 3. The van der Waals surface area contributed by atoms with Crippen LogP contribution >= 0.6 is 23.2 Å². The number of amides is 1. The van der Waals surface area contributed by atoms with Gasteiger partial charge in [0.15, 0.2) is 0 Å². The zero-order valence-electron chi connectivity index (χ0n) is 11.2. The van der Waals surface area contributed by atoms with Gasteiger partial charge in [-0.1, -0.05) is 23.2 Å². The number of rotatable bonds is 6. The van der Waals surface area contributed by atoms with Crippen LogP contribution < -0.4 is 5.32 Å². The summed E-state index contributed by atoms with van der Waals surface area (Å²) in [7, 11) is 1.69. The van der Waals surface area contributed by atoms with E-state index in [-0.39, 0.29) is 18.9 Å². The topological polar surface area (TPSA) is 69.6 Å². The highest BCUT2D eigenvalue weighted by molar-refractivity contribution is 6.35. The predicted octanol–water partition coefficient (Wildman–Crippen LogP) is 2.73. The van der Waals surface area contributed by atoms with E-state index in [1.165, 1.54) is 0 Å². The van der Waals surface area contributed by atoms with Gasteiger partial charge in [-0.15, -0.1) is 0 Å². The lowest BCUT2D eigenvalue weighted by atomic mass is 10.2. The maximum absolute atomic E-state index is 12.1. The minimum absolute atomic E-state index is 0.0218. The van der Waals surface area contributed by atoms with E-state index < -0.39 is 12.0 Å². The van der Waals surface area contributed by atoms with E-state index in [4.69, 9.17) is 28.3 Å². The molecule has 0 aromatic heterocycles. The standard InChI is InChI=1S/C13H16Cl2N2O3/c1-8(17(2)6-5-12(18)19)13(20)16-11-7-9(14)3-4-10(11)15/h3-4,7-8H,5-6H2,1-2H3,(H,16,20)(H,18,19). The number of carboxylic acid groups (broad SMARTS) is 1. The van der Waals surface area contributed by atoms with Crippen LogP contribution in [0, 0.1) is 0 Å². The molecule has 0 fully saturated rings. The van der Waals surface area contributed by atoms with Crippen LogP contribution in [0.1, 0.15) is 13.3 Å². The number of carbonyl (C=O) groups is 2. The predicted molar refractivity (Wildman–Crippen MR) is 79.4 cm³/mol. The Morgan fingerprint density at radius 3 is 2.65 bits per heavy atom. The highest BCUT2D eigenvalue weighted by atomic mass is 35.5. The van der Waals surface area contributed by atoms with Crippen LogP contribution in [0.5, 0.6) is 0 Å². The SMILES string of the molecule is CC(C(=O)Nc1cc(Cl)ccc1Cl)N(C)CCC(=O)O. The van der Waals surface area contributed by atoms with E-state index in [0.29, 0.717) is 15.7 Å². The quantitative estimate of drug-likeness (QED) is 0.846. The van der Waals surface area contributed by atoms with Crippen molar-refractivity contribution in [3.05, 3.63) is 28.2 Å². The molecule has 0 aliphatic heterocycles. The van der Waals surface area contributed by atoms with Crippen molar-refractivity contribution in [1.82, 2.24) is 4.90 Å². The fourth-order valence-electron chi connectivity index (χ4n) is 1.50. The molecular weight excluding hydrogens is 303 g/mol. The monoisotopic (exact) mass is 318 g/mol. The molecule has 1 aromatic rings. The van der Waals surface area contributed by atoms with Crippen LogP contribution in [-0.4, -0.2) is 41.5 Å². The lowest BCUT2D eigenvalue weighted by Gasteiger charge is -2.23. The Labute approximate surface area is 127 Å². The third-order valence-corrected chi connectivity index (χ3v) is 3.47. The van der Waals surface area contributed by atoms with Gasteiger partial charge in [-0.05, 0) is 32.2 Å². The molecule has 2 N–H and O–H groups in total. The number of nitrogens with one attached hydrogen (secondary N) is 1. The largest absolute Gasteiger partial charge is 0.481 e. The van der Waals surface area contributed by atoms with Gasteiger partial charge in [0.05, 0.1) is 23.2 Å². The van der Waals surface area contributed by atoms with Gasteiger partial charge in [-0.3, -0.25) is 14.5 Å². The number of likely N-dealkylation sites (N-methyl/N-ethyl adjacent to an activating group) is 1. The van der Waals surface area contributed by atoms with Gasteiger partial charge in [0, 0.05) is 11.6 Å². The lowest BCUT2D eigenvalue weighted by Crippen LogP contribution is -2.40. The molecular formula is C13H16Cl2N2O3. The average molecular weight is 319 g/mol. The maximum atomic E-state index is 12.1. The van der Waals surface area contributed by atoms with E-state index in [2.05, 4.69) is 5.32 Å². The molecule has 1 unspecified atom stereocenters. The van der Waals surface area contributed by atoms with Crippen molar-refractivity contribution >= 4 is 40.8 Å². The average Bonchev–Trinajstić information content (AvgIpc) is 2.39. The van der Waals surface area contributed by atoms with Gasteiger partial charge in [0.1, 0.15) is 0 Å². The van der Waals surface area contributed by atoms with Crippen molar-refractivity contribution < 1.29 is 14.7 Å². The number of halogens is 2. The smallest absolute Gasteiger partial charge is 0.304 e. The number of anilines is 1. The van der Waals surface area contributed by atoms with Crippen LogP contribution in [0.4, 0.5) is 5.69 Å². The van der Waals surface area contributed by atoms with Crippen LogP contribution in [0.3, 0.4) is 0 Å². The summed E-state index contributed by atoms with van der Waals surface area (Å²) in [4.78, 5) is 24.2. The highest BCUT2D eigenvalue weighted by Crippen LogP contribution is 2.25. The molecule has 1 aromatic carbocycles. The van der Waals surface area contributed by atoms with Crippen molar-refractivity contribution in [2.24, 2.45) is 0 Å². The molecule has 5 nitrogen and oxygen atoms in total. The summed E-state index contributed by atoms with van der Waals surface area (Å²) in [6.45, 7) is 1.98. The zero-order chi connectivity index (χ0) is 15.3. The third-order valence-electron chi connectivity index (χ3n) is 2.91. The summed E-state index contributed by atoms with van der Waals surface area (Å²) in [5.74, 6) is -1.18. The molecule has 7 heteroatoms. The maximum Gasteiger partial charge on any atom is 0.304 e. The zero-order valence-corrected chi connectivity index (χ0v) is 12.7. The number of benzene rings is 1. The van der Waals surface area contributed by atoms with Gasteiger partial charge >= 0.3 is 5.97 Å². The Hall–Kier alpha value is -1.30. The molecule has 0 saturated carbocycles. The molecule has 110 valence electrons. The summed E-state index contributed by atoms with van der Waals surface area (Å²) in [6, 6.07) is 4.30. The summed E-state index contributed by atoms with van der Waals surface area (Å²) in [5, 5.41) is 12.2. The van der Waals surface area contributed by atoms with Crippen molar-refractivity contribution in [2.75, 3.05) is 18.9 Å². The Morgan fingerprint density at radius 2 is 2.05 bits per heavy atom. The second kappa shape index (κ2) is 7.47. The highest BCUT2D eigenvalue weighted by Gasteiger charge is 2.19. The summed E-state index contributed by atoms with van der Waals surface area (Å²) in [6.07, 6.45) is -0.0218. The normalized spacial score (nSPS) is 12.2. The summed E-state index contributed by atoms with van der Waals surface area (Å²) >= 11 is 11.8. The number of carboxylic acids is 1. The number of hydrogen-bond donors (Lipinski definition) is 2. The fourth-order valence-corrected chi connectivity index (χ4v) is 1.83. The van der Waals surface area contributed by atoms with E-state index >= 15 is 0 Å². The number of aliphatic carboxylic acids is 1. The van der Waals surface area contributed by atoms with Crippen LogP contribution in [0.25, 0.3) is 0 Å². The molecule has 0 heterocycles. The Bertz CT molecular complexity index is 508.